The van der Waals surface area contributed by atoms with E-state index >= 15 is 0 Å². The summed E-state index contributed by atoms with van der Waals surface area (Å²) in [4.78, 5) is 10.9. The van der Waals surface area contributed by atoms with E-state index < -0.39 is 0 Å². The van der Waals surface area contributed by atoms with E-state index in [-0.39, 0.29) is 0 Å². The summed E-state index contributed by atoms with van der Waals surface area (Å²) >= 11 is 0. The number of aryl methyl sites for hydroxylation is 1. The fourth-order valence-corrected chi connectivity index (χ4v) is 2.69. The number of hydrogen-bond donors (Lipinski definition) is 0. The Labute approximate surface area is 96.4 Å². The van der Waals surface area contributed by atoms with Crippen LogP contribution in [0, 0.1) is 19.8 Å². The SMILES string of the molecule is Cc1cc(C=O)c(C)n1C(C)C1CCOC1. The molecule has 1 aliphatic rings. The lowest BCUT2D eigenvalue weighted by molar-refractivity contribution is 0.112. The molecular formula is C13H19NO2. The van der Waals surface area contributed by atoms with Crippen LogP contribution in [0.15, 0.2) is 6.07 Å². The van der Waals surface area contributed by atoms with E-state index in [1.165, 1.54) is 5.69 Å². The van der Waals surface area contributed by atoms with Gasteiger partial charge in [-0.05, 0) is 33.3 Å². The predicted molar refractivity (Wildman–Crippen MR) is 62.9 cm³/mol. The first-order chi connectivity index (χ1) is 7.65. The molecule has 2 unspecified atom stereocenters. The third-order valence-electron chi connectivity index (χ3n) is 3.70. The van der Waals surface area contributed by atoms with Gasteiger partial charge in [-0.1, -0.05) is 0 Å². The minimum atomic E-state index is 0.413. The molecule has 2 atom stereocenters. The highest BCUT2D eigenvalue weighted by atomic mass is 16.5. The first-order valence-corrected chi connectivity index (χ1v) is 5.86. The lowest BCUT2D eigenvalue weighted by atomic mass is 10.00. The summed E-state index contributed by atoms with van der Waals surface area (Å²) in [5.74, 6) is 0.573. The Hall–Kier alpha value is -1.09. The molecule has 0 spiro atoms. The molecule has 0 saturated carbocycles. The minimum Gasteiger partial charge on any atom is -0.381 e. The van der Waals surface area contributed by atoms with Crippen molar-refractivity contribution in [1.29, 1.82) is 0 Å². The van der Waals surface area contributed by atoms with Crippen LogP contribution in [0.2, 0.25) is 0 Å². The average molecular weight is 221 g/mol. The van der Waals surface area contributed by atoms with Crippen LogP contribution in [0.4, 0.5) is 0 Å². The Balaban J connectivity index is 2.31. The van der Waals surface area contributed by atoms with E-state index in [1.54, 1.807) is 0 Å². The molecule has 0 aliphatic carbocycles. The maximum Gasteiger partial charge on any atom is 0.151 e. The number of rotatable bonds is 3. The molecule has 0 aromatic carbocycles. The molecule has 1 aromatic rings. The van der Waals surface area contributed by atoms with Crippen LogP contribution in [0.25, 0.3) is 0 Å². The largest absolute Gasteiger partial charge is 0.381 e. The number of aldehydes is 1. The van der Waals surface area contributed by atoms with Crippen LogP contribution in [-0.2, 0) is 4.74 Å². The molecule has 2 heterocycles. The second-order valence-corrected chi connectivity index (χ2v) is 4.68. The molecule has 88 valence electrons. The smallest absolute Gasteiger partial charge is 0.151 e. The number of ether oxygens (including phenoxy) is 1. The van der Waals surface area contributed by atoms with Crippen molar-refractivity contribution < 1.29 is 9.53 Å². The molecule has 0 radical (unpaired) electrons. The average Bonchev–Trinajstić information content (AvgIpc) is 2.86. The van der Waals surface area contributed by atoms with Crippen molar-refractivity contribution in [3.63, 3.8) is 0 Å². The Morgan fingerprint density at radius 2 is 2.31 bits per heavy atom. The van der Waals surface area contributed by atoms with Gasteiger partial charge in [-0.3, -0.25) is 4.79 Å². The summed E-state index contributed by atoms with van der Waals surface area (Å²) in [6.45, 7) is 8.01. The lowest BCUT2D eigenvalue weighted by Crippen LogP contribution is -2.19. The van der Waals surface area contributed by atoms with E-state index in [1.807, 2.05) is 13.0 Å². The topological polar surface area (TPSA) is 31.2 Å². The third-order valence-corrected chi connectivity index (χ3v) is 3.70. The van der Waals surface area contributed by atoms with Crippen molar-refractivity contribution in [1.82, 2.24) is 4.57 Å². The summed E-state index contributed by atoms with van der Waals surface area (Å²) in [5, 5.41) is 0. The molecule has 0 N–H and O–H groups in total. The normalized spacial score (nSPS) is 22.3. The van der Waals surface area contributed by atoms with E-state index in [0.717, 1.165) is 37.2 Å². The van der Waals surface area contributed by atoms with Crippen molar-refractivity contribution in [2.75, 3.05) is 13.2 Å². The zero-order valence-corrected chi connectivity index (χ0v) is 10.2. The van der Waals surface area contributed by atoms with Crippen molar-refractivity contribution in [2.45, 2.75) is 33.2 Å². The van der Waals surface area contributed by atoms with Gasteiger partial charge in [-0.25, -0.2) is 0 Å². The summed E-state index contributed by atoms with van der Waals surface area (Å²) in [6.07, 6.45) is 2.06. The molecule has 1 saturated heterocycles. The molecular weight excluding hydrogens is 202 g/mol. The predicted octanol–water partition coefficient (Wildman–Crippen LogP) is 2.51. The number of hydrogen-bond acceptors (Lipinski definition) is 2. The number of aromatic nitrogens is 1. The Bertz CT molecular complexity index is 389. The zero-order chi connectivity index (χ0) is 11.7. The second kappa shape index (κ2) is 4.42. The van der Waals surface area contributed by atoms with Gasteiger partial charge in [0.25, 0.3) is 0 Å². The van der Waals surface area contributed by atoms with Gasteiger partial charge in [0.05, 0.1) is 6.61 Å². The highest BCUT2D eigenvalue weighted by Gasteiger charge is 2.25. The van der Waals surface area contributed by atoms with Gasteiger partial charge < -0.3 is 9.30 Å². The van der Waals surface area contributed by atoms with Crippen molar-refractivity contribution in [2.24, 2.45) is 5.92 Å². The molecule has 1 aromatic heterocycles. The number of carbonyl (C=O) groups excluding carboxylic acids is 1. The van der Waals surface area contributed by atoms with Crippen LogP contribution >= 0.6 is 0 Å². The van der Waals surface area contributed by atoms with Gasteiger partial charge >= 0.3 is 0 Å². The Morgan fingerprint density at radius 1 is 1.56 bits per heavy atom. The molecule has 1 fully saturated rings. The fourth-order valence-electron chi connectivity index (χ4n) is 2.69. The standard InChI is InChI=1S/C13H19NO2/c1-9-6-13(7-15)11(3)14(9)10(2)12-4-5-16-8-12/h6-7,10,12H,4-5,8H2,1-3H3. The first-order valence-electron chi connectivity index (χ1n) is 5.86. The maximum absolute atomic E-state index is 10.9. The van der Waals surface area contributed by atoms with Gasteiger partial charge in [-0.2, -0.15) is 0 Å². The van der Waals surface area contributed by atoms with E-state index in [0.29, 0.717) is 12.0 Å². The molecule has 1 aliphatic heterocycles. The molecule has 3 heteroatoms. The van der Waals surface area contributed by atoms with E-state index in [2.05, 4.69) is 18.4 Å². The summed E-state index contributed by atoms with van der Waals surface area (Å²) in [6, 6.07) is 2.38. The third kappa shape index (κ3) is 1.80. The van der Waals surface area contributed by atoms with Crippen LogP contribution in [0.3, 0.4) is 0 Å². The fraction of sp³-hybridized carbons (Fsp3) is 0.615. The molecule has 3 nitrogen and oxygen atoms in total. The highest BCUT2D eigenvalue weighted by molar-refractivity contribution is 5.77. The molecule has 0 bridgehead atoms. The van der Waals surface area contributed by atoms with Crippen LogP contribution in [0.1, 0.15) is 41.1 Å². The maximum atomic E-state index is 10.9. The van der Waals surface area contributed by atoms with Gasteiger partial charge in [0.15, 0.2) is 6.29 Å². The van der Waals surface area contributed by atoms with Gasteiger partial charge in [0.2, 0.25) is 0 Å². The van der Waals surface area contributed by atoms with Gasteiger partial charge in [0, 0.05) is 35.5 Å². The van der Waals surface area contributed by atoms with Gasteiger partial charge in [0.1, 0.15) is 0 Å². The Kier molecular flexibility index (Phi) is 3.15. The zero-order valence-electron chi connectivity index (χ0n) is 10.2. The van der Waals surface area contributed by atoms with Crippen molar-refractivity contribution >= 4 is 6.29 Å². The van der Waals surface area contributed by atoms with Crippen LogP contribution in [0.5, 0.6) is 0 Å². The molecule has 16 heavy (non-hydrogen) atoms. The molecule has 0 amide bonds. The van der Waals surface area contributed by atoms with Crippen LogP contribution < -0.4 is 0 Å². The Morgan fingerprint density at radius 3 is 2.81 bits per heavy atom. The lowest BCUT2D eigenvalue weighted by Gasteiger charge is -2.23. The van der Waals surface area contributed by atoms with Gasteiger partial charge in [-0.15, -0.1) is 0 Å². The highest BCUT2D eigenvalue weighted by Crippen LogP contribution is 2.29. The van der Waals surface area contributed by atoms with Crippen LogP contribution in [-0.4, -0.2) is 24.1 Å². The van der Waals surface area contributed by atoms with E-state index in [4.69, 9.17) is 4.74 Å². The summed E-state index contributed by atoms with van der Waals surface area (Å²) in [5.41, 5.74) is 3.05. The summed E-state index contributed by atoms with van der Waals surface area (Å²) < 4.78 is 7.70. The summed E-state index contributed by atoms with van der Waals surface area (Å²) in [7, 11) is 0. The first kappa shape index (κ1) is 11.4. The van der Waals surface area contributed by atoms with Crippen molar-refractivity contribution in [3.05, 3.63) is 23.0 Å². The quantitative estimate of drug-likeness (QED) is 0.734. The number of carbonyl (C=O) groups is 1. The minimum absolute atomic E-state index is 0.413. The second-order valence-electron chi connectivity index (χ2n) is 4.68. The number of nitrogens with zero attached hydrogens (tertiary/aromatic N) is 1. The monoisotopic (exact) mass is 221 g/mol. The van der Waals surface area contributed by atoms with E-state index in [9.17, 15) is 4.79 Å². The molecule has 2 rings (SSSR count). The van der Waals surface area contributed by atoms with Crippen molar-refractivity contribution in [3.8, 4) is 0 Å².